The maximum Gasteiger partial charge on any atom is 0.410 e. The summed E-state index contributed by atoms with van der Waals surface area (Å²) in [6.45, 7) is 12.2. The topological polar surface area (TPSA) is 134 Å². The van der Waals surface area contributed by atoms with Crippen LogP contribution in [0, 0.1) is 13.8 Å². The highest BCUT2D eigenvalue weighted by atomic mass is 16.6. The van der Waals surface area contributed by atoms with Crippen molar-refractivity contribution in [3.63, 3.8) is 0 Å². The molecule has 1 saturated carbocycles. The molecule has 2 aliphatic rings. The van der Waals surface area contributed by atoms with Gasteiger partial charge in [0.1, 0.15) is 16.9 Å². The number of pyridine rings is 2. The van der Waals surface area contributed by atoms with E-state index in [0.717, 1.165) is 41.1 Å². The van der Waals surface area contributed by atoms with E-state index >= 15 is 0 Å². The zero-order chi connectivity index (χ0) is 31.0. The molecule has 1 amide bonds. The summed E-state index contributed by atoms with van der Waals surface area (Å²) in [6.07, 6.45) is 7.97. The molecule has 4 aromatic heterocycles. The van der Waals surface area contributed by atoms with Crippen molar-refractivity contribution in [2.24, 2.45) is 0 Å². The first-order chi connectivity index (χ1) is 21.1. The van der Waals surface area contributed by atoms with Gasteiger partial charge in [0.2, 0.25) is 0 Å². The summed E-state index contributed by atoms with van der Waals surface area (Å²) >= 11 is 0. The molecule has 1 aliphatic heterocycles. The van der Waals surface area contributed by atoms with Gasteiger partial charge in [0.05, 0.1) is 6.33 Å². The van der Waals surface area contributed by atoms with Gasteiger partial charge in [0.15, 0.2) is 17.3 Å². The SMILES string of the molecule is Cc1cc(C)c(CNc2nc(-c3ccc(N4CCN(C(=O)OC(C)(C)C)CC4)nc3)nc3c2ncn3C2CCCC2)c(=O)[nH]1. The molecule has 0 radical (unpaired) electrons. The summed E-state index contributed by atoms with van der Waals surface area (Å²) in [7, 11) is 0. The lowest BCUT2D eigenvalue weighted by molar-refractivity contribution is 0.0240. The zero-order valence-corrected chi connectivity index (χ0v) is 26.2. The van der Waals surface area contributed by atoms with Crippen LogP contribution in [0.1, 0.15) is 69.3 Å². The Balaban J connectivity index is 1.25. The maximum atomic E-state index is 12.7. The van der Waals surface area contributed by atoms with Crippen LogP contribution < -0.4 is 15.8 Å². The van der Waals surface area contributed by atoms with E-state index in [0.29, 0.717) is 61.5 Å². The number of hydrogen-bond donors (Lipinski definition) is 2. The van der Waals surface area contributed by atoms with Crippen molar-refractivity contribution in [3.8, 4) is 11.4 Å². The monoisotopic (exact) mass is 599 g/mol. The Hall–Kier alpha value is -4.48. The molecule has 232 valence electrons. The predicted octanol–water partition coefficient (Wildman–Crippen LogP) is 4.98. The van der Waals surface area contributed by atoms with Crippen LogP contribution in [0.5, 0.6) is 0 Å². The molecule has 0 spiro atoms. The van der Waals surface area contributed by atoms with E-state index in [4.69, 9.17) is 24.7 Å². The van der Waals surface area contributed by atoms with Gasteiger partial charge < -0.3 is 29.4 Å². The van der Waals surface area contributed by atoms with Crippen molar-refractivity contribution < 1.29 is 9.53 Å². The smallest absolute Gasteiger partial charge is 0.410 e. The predicted molar refractivity (Wildman–Crippen MR) is 170 cm³/mol. The lowest BCUT2D eigenvalue weighted by atomic mass is 10.1. The highest BCUT2D eigenvalue weighted by molar-refractivity contribution is 5.85. The fourth-order valence-electron chi connectivity index (χ4n) is 6.04. The number of aromatic nitrogens is 6. The number of rotatable bonds is 6. The number of nitrogens with zero attached hydrogens (tertiary/aromatic N) is 7. The average Bonchev–Trinajstić information content (AvgIpc) is 3.66. The quantitative estimate of drug-likeness (QED) is 0.315. The van der Waals surface area contributed by atoms with Gasteiger partial charge in [-0.25, -0.2) is 24.7 Å². The molecule has 1 aliphatic carbocycles. The Morgan fingerprint density at radius 3 is 2.48 bits per heavy atom. The highest BCUT2D eigenvalue weighted by Gasteiger charge is 2.27. The molecule has 12 heteroatoms. The molecule has 5 heterocycles. The lowest BCUT2D eigenvalue weighted by Gasteiger charge is -2.36. The van der Waals surface area contributed by atoms with Crippen molar-refractivity contribution in [1.82, 2.24) is 34.4 Å². The number of ether oxygens (including phenoxy) is 1. The van der Waals surface area contributed by atoms with Crippen molar-refractivity contribution in [2.45, 2.75) is 78.5 Å². The summed E-state index contributed by atoms with van der Waals surface area (Å²) in [5.74, 6) is 1.97. The molecule has 12 nitrogen and oxygen atoms in total. The van der Waals surface area contributed by atoms with Crippen LogP contribution in [0.4, 0.5) is 16.4 Å². The van der Waals surface area contributed by atoms with E-state index in [1.807, 2.05) is 59.1 Å². The van der Waals surface area contributed by atoms with Gasteiger partial charge in [0.25, 0.3) is 5.56 Å². The van der Waals surface area contributed by atoms with E-state index < -0.39 is 5.60 Å². The summed E-state index contributed by atoms with van der Waals surface area (Å²) in [5, 5.41) is 3.39. The number of aryl methyl sites for hydroxylation is 2. The molecule has 2 N–H and O–H groups in total. The van der Waals surface area contributed by atoms with Crippen LogP contribution in [0.25, 0.3) is 22.6 Å². The van der Waals surface area contributed by atoms with Crippen LogP contribution in [0.3, 0.4) is 0 Å². The highest BCUT2D eigenvalue weighted by Crippen LogP contribution is 2.34. The van der Waals surface area contributed by atoms with E-state index in [-0.39, 0.29) is 11.7 Å². The third kappa shape index (κ3) is 6.24. The van der Waals surface area contributed by atoms with Gasteiger partial charge >= 0.3 is 6.09 Å². The summed E-state index contributed by atoms with van der Waals surface area (Å²) in [4.78, 5) is 51.3. The maximum absolute atomic E-state index is 12.7. The number of piperazine rings is 1. The molecular weight excluding hydrogens is 558 g/mol. The number of nitrogens with one attached hydrogen (secondary N) is 2. The molecule has 2 fully saturated rings. The molecule has 0 atom stereocenters. The standard InChI is InChI=1S/C32H41N9O3/c1-20-16-21(2)36-30(42)24(20)18-34-28-26-29(41(19-35-26)23-8-6-7-9-23)38-27(37-28)22-10-11-25(33-17-22)39-12-14-40(15-13-39)31(43)44-32(3,4)5/h10-11,16-17,19,23H,6-9,12-15,18H2,1-5H3,(H,36,42)(H,34,37,38). The first-order valence-corrected chi connectivity index (χ1v) is 15.4. The Labute approximate surface area is 256 Å². The number of imidazole rings is 1. The van der Waals surface area contributed by atoms with Crippen molar-refractivity contribution in [1.29, 1.82) is 0 Å². The molecule has 6 rings (SSSR count). The first-order valence-electron chi connectivity index (χ1n) is 15.4. The lowest BCUT2D eigenvalue weighted by Crippen LogP contribution is -2.50. The third-order valence-electron chi connectivity index (χ3n) is 8.33. The first kappa shape index (κ1) is 29.6. The Morgan fingerprint density at radius 2 is 1.82 bits per heavy atom. The van der Waals surface area contributed by atoms with Gasteiger partial charge in [0, 0.05) is 61.8 Å². The third-order valence-corrected chi connectivity index (χ3v) is 8.33. The number of hydrogen-bond acceptors (Lipinski definition) is 9. The van der Waals surface area contributed by atoms with E-state index in [2.05, 4.69) is 19.8 Å². The fraction of sp³-hybridized carbons (Fsp3) is 0.500. The Bertz CT molecular complexity index is 1710. The van der Waals surface area contributed by atoms with Gasteiger partial charge in [-0.3, -0.25) is 4.79 Å². The van der Waals surface area contributed by atoms with Gasteiger partial charge in [-0.15, -0.1) is 0 Å². The second-order valence-electron chi connectivity index (χ2n) is 12.8. The zero-order valence-electron chi connectivity index (χ0n) is 26.2. The number of aromatic amines is 1. The minimum Gasteiger partial charge on any atom is -0.444 e. The summed E-state index contributed by atoms with van der Waals surface area (Å²) < 4.78 is 7.70. The Kier molecular flexibility index (Phi) is 8.00. The van der Waals surface area contributed by atoms with Crippen LogP contribution in [0.2, 0.25) is 0 Å². The van der Waals surface area contributed by atoms with Gasteiger partial charge in [-0.2, -0.15) is 0 Å². The molecule has 0 bridgehead atoms. The average molecular weight is 600 g/mol. The van der Waals surface area contributed by atoms with Crippen molar-refractivity contribution in [2.75, 3.05) is 36.4 Å². The van der Waals surface area contributed by atoms with Crippen molar-refractivity contribution >= 4 is 28.9 Å². The molecule has 1 saturated heterocycles. The normalized spacial score (nSPS) is 16.1. The number of amides is 1. The van der Waals surface area contributed by atoms with Crippen LogP contribution in [-0.2, 0) is 11.3 Å². The molecule has 0 unspecified atom stereocenters. The molecule has 44 heavy (non-hydrogen) atoms. The summed E-state index contributed by atoms with van der Waals surface area (Å²) in [6, 6.07) is 6.29. The van der Waals surface area contributed by atoms with E-state index in [9.17, 15) is 9.59 Å². The molecule has 0 aromatic carbocycles. The van der Waals surface area contributed by atoms with Crippen LogP contribution in [-0.4, -0.2) is 72.3 Å². The summed E-state index contributed by atoms with van der Waals surface area (Å²) in [5.41, 5.74) is 4.05. The number of fused-ring (bicyclic) bond motifs is 1. The fourth-order valence-corrected chi connectivity index (χ4v) is 6.04. The van der Waals surface area contributed by atoms with Crippen molar-refractivity contribution in [3.05, 3.63) is 57.9 Å². The minimum absolute atomic E-state index is 0.108. The number of anilines is 2. The Morgan fingerprint density at radius 1 is 1.07 bits per heavy atom. The second kappa shape index (κ2) is 11.9. The van der Waals surface area contributed by atoms with Gasteiger partial charge in [-0.05, 0) is 71.2 Å². The number of carbonyl (C=O) groups is 1. The van der Waals surface area contributed by atoms with E-state index in [1.54, 1.807) is 11.1 Å². The largest absolute Gasteiger partial charge is 0.444 e. The molecule has 4 aromatic rings. The number of H-pyrrole nitrogens is 1. The molecular formula is C32H41N9O3. The van der Waals surface area contributed by atoms with Crippen LogP contribution >= 0.6 is 0 Å². The van der Waals surface area contributed by atoms with E-state index in [1.165, 1.54) is 12.8 Å². The minimum atomic E-state index is -0.516. The van der Waals surface area contributed by atoms with Crippen LogP contribution in [0.15, 0.2) is 35.5 Å². The second-order valence-corrected chi connectivity index (χ2v) is 12.8. The van der Waals surface area contributed by atoms with Gasteiger partial charge in [-0.1, -0.05) is 12.8 Å². The number of carbonyl (C=O) groups excluding carboxylic acids is 1.